The Morgan fingerprint density at radius 1 is 0.357 bits per heavy atom. The molecule has 28 heavy (non-hydrogen) atoms. The normalized spacial score (nSPS) is 11.6. The van der Waals surface area contributed by atoms with Crippen molar-refractivity contribution < 1.29 is 0 Å². The summed E-state index contributed by atoms with van der Waals surface area (Å²) in [5.41, 5.74) is 7.98. The first kappa shape index (κ1) is 15.2. The Bertz CT molecular complexity index is 1400. The molecule has 0 fully saturated rings. The topological polar surface area (TPSA) is 38.7 Å². The van der Waals surface area contributed by atoms with Crippen molar-refractivity contribution in [3.8, 4) is 11.1 Å². The molecule has 4 aromatic carbocycles. The molecule has 0 aliphatic carbocycles. The van der Waals surface area contributed by atoms with Crippen molar-refractivity contribution in [2.75, 3.05) is 0 Å². The molecule has 0 N–H and O–H groups in total. The molecule has 0 saturated heterocycles. The van der Waals surface area contributed by atoms with Crippen LogP contribution in [0.4, 0.5) is 0 Å². The van der Waals surface area contributed by atoms with Crippen LogP contribution >= 0.6 is 0 Å². The maximum atomic E-state index is 4.79. The zero-order valence-corrected chi connectivity index (χ0v) is 15.0. The molecule has 6 aromatic rings. The second kappa shape index (κ2) is 5.83. The van der Waals surface area contributed by atoms with E-state index in [0.29, 0.717) is 0 Å². The van der Waals surface area contributed by atoms with Crippen LogP contribution in [0.1, 0.15) is 0 Å². The summed E-state index contributed by atoms with van der Waals surface area (Å²) in [5, 5.41) is 2.30. The second-order valence-electron chi connectivity index (χ2n) is 7.00. The molecule has 6 rings (SSSR count). The van der Waals surface area contributed by atoms with Gasteiger partial charge in [-0.1, -0.05) is 42.5 Å². The first-order valence-corrected chi connectivity index (χ1v) is 9.30. The average molecular weight is 357 g/mol. The molecular formula is C25H15N3. The minimum Gasteiger partial charge on any atom is -0.248 e. The van der Waals surface area contributed by atoms with Gasteiger partial charge >= 0.3 is 0 Å². The summed E-state index contributed by atoms with van der Waals surface area (Å²) >= 11 is 0. The first-order chi connectivity index (χ1) is 13.8. The van der Waals surface area contributed by atoms with Crippen molar-refractivity contribution in [1.29, 1.82) is 0 Å². The highest BCUT2D eigenvalue weighted by Gasteiger charge is 2.06. The van der Waals surface area contributed by atoms with E-state index in [2.05, 4.69) is 48.5 Å². The Kier molecular flexibility index (Phi) is 3.17. The van der Waals surface area contributed by atoms with Gasteiger partial charge in [-0.3, -0.25) is 0 Å². The van der Waals surface area contributed by atoms with E-state index in [1.54, 1.807) is 0 Å². The molecule has 0 radical (unpaired) electrons. The zero-order valence-electron chi connectivity index (χ0n) is 15.0. The Hall–Kier alpha value is -3.85. The van der Waals surface area contributed by atoms with Crippen LogP contribution in [0.2, 0.25) is 0 Å². The van der Waals surface area contributed by atoms with Gasteiger partial charge < -0.3 is 0 Å². The summed E-state index contributed by atoms with van der Waals surface area (Å²) in [4.78, 5) is 14.3. The minimum absolute atomic E-state index is 0.910. The highest BCUT2D eigenvalue weighted by molar-refractivity contribution is 5.95. The van der Waals surface area contributed by atoms with Gasteiger partial charge in [-0.2, -0.15) is 0 Å². The number of rotatable bonds is 1. The molecule has 3 nitrogen and oxygen atoms in total. The number of para-hydroxylation sites is 3. The van der Waals surface area contributed by atoms with Crippen LogP contribution in [0.3, 0.4) is 0 Å². The lowest BCUT2D eigenvalue weighted by Crippen LogP contribution is -1.88. The number of fused-ring (bicyclic) bond motifs is 4. The summed E-state index contributed by atoms with van der Waals surface area (Å²) in [6.07, 6.45) is 0. The molecule has 0 aliphatic heterocycles. The molecule has 0 unspecified atom stereocenters. The Morgan fingerprint density at radius 3 is 1.71 bits per heavy atom. The fraction of sp³-hybridized carbons (Fsp3) is 0. The van der Waals surface area contributed by atoms with Crippen LogP contribution in [0.15, 0.2) is 91.0 Å². The van der Waals surface area contributed by atoms with Crippen LogP contribution in [0.5, 0.6) is 0 Å². The lowest BCUT2D eigenvalue weighted by atomic mass is 10.0. The van der Waals surface area contributed by atoms with Crippen LogP contribution in [-0.2, 0) is 0 Å². The summed E-state index contributed by atoms with van der Waals surface area (Å²) in [5.74, 6) is 0. The van der Waals surface area contributed by atoms with E-state index in [-0.39, 0.29) is 0 Å². The predicted octanol–water partition coefficient (Wildman–Crippen LogP) is 6.15. The largest absolute Gasteiger partial charge is 0.248 e. The Morgan fingerprint density at radius 2 is 0.893 bits per heavy atom. The number of aromatic nitrogens is 3. The van der Waals surface area contributed by atoms with Gasteiger partial charge in [0.15, 0.2) is 0 Å². The fourth-order valence-corrected chi connectivity index (χ4v) is 3.76. The number of hydrogen-bond donors (Lipinski definition) is 0. The van der Waals surface area contributed by atoms with Crippen molar-refractivity contribution in [3.63, 3.8) is 0 Å². The average Bonchev–Trinajstić information content (AvgIpc) is 2.75. The lowest BCUT2D eigenvalue weighted by molar-refractivity contribution is 1.39. The highest BCUT2D eigenvalue weighted by atomic mass is 14.8. The number of nitrogens with zero attached hydrogens (tertiary/aromatic N) is 3. The van der Waals surface area contributed by atoms with Crippen molar-refractivity contribution >= 4 is 43.9 Å². The molecule has 0 atom stereocenters. The number of benzene rings is 4. The van der Waals surface area contributed by atoms with Crippen molar-refractivity contribution in [3.05, 3.63) is 91.0 Å². The lowest BCUT2D eigenvalue weighted by Gasteiger charge is -2.07. The monoisotopic (exact) mass is 357 g/mol. The standard InChI is InChI=1S/C25H15N3/c1-2-6-20-18(5-1)14-19-13-16(9-11-21(19)26-20)17-10-12-24-25(15-17)28-23-8-4-3-7-22(23)27-24/h1-15H. The molecule has 2 heterocycles. The van der Waals surface area contributed by atoms with E-state index in [0.717, 1.165) is 55.0 Å². The van der Waals surface area contributed by atoms with Crippen LogP contribution in [0, 0.1) is 0 Å². The molecular weight excluding hydrogens is 342 g/mol. The van der Waals surface area contributed by atoms with E-state index in [9.17, 15) is 0 Å². The van der Waals surface area contributed by atoms with E-state index in [4.69, 9.17) is 15.0 Å². The van der Waals surface area contributed by atoms with Crippen molar-refractivity contribution in [2.45, 2.75) is 0 Å². The third-order valence-corrected chi connectivity index (χ3v) is 5.19. The molecule has 2 aromatic heterocycles. The smallest absolute Gasteiger partial charge is 0.0900 e. The Balaban J connectivity index is 1.53. The van der Waals surface area contributed by atoms with Gasteiger partial charge in [0.25, 0.3) is 0 Å². The molecule has 0 bridgehead atoms. The summed E-state index contributed by atoms with van der Waals surface area (Å²) < 4.78 is 0. The maximum Gasteiger partial charge on any atom is 0.0900 e. The maximum absolute atomic E-state index is 4.79. The van der Waals surface area contributed by atoms with Gasteiger partial charge in [-0.05, 0) is 59.7 Å². The molecule has 3 heteroatoms. The molecule has 0 spiro atoms. The fourth-order valence-electron chi connectivity index (χ4n) is 3.76. The molecule has 0 amide bonds. The third kappa shape index (κ3) is 2.41. The molecule has 0 saturated carbocycles. The predicted molar refractivity (Wildman–Crippen MR) is 115 cm³/mol. The third-order valence-electron chi connectivity index (χ3n) is 5.19. The van der Waals surface area contributed by atoms with E-state index < -0.39 is 0 Å². The quantitative estimate of drug-likeness (QED) is 0.331. The SMILES string of the molecule is c1ccc2nc3ccc(-c4ccc5nc6ccccc6nc5c4)cc3cc2c1. The van der Waals surface area contributed by atoms with Crippen molar-refractivity contribution in [2.24, 2.45) is 0 Å². The van der Waals surface area contributed by atoms with Gasteiger partial charge in [0.05, 0.1) is 33.1 Å². The van der Waals surface area contributed by atoms with Crippen LogP contribution in [0.25, 0.3) is 55.0 Å². The number of pyridine rings is 1. The van der Waals surface area contributed by atoms with E-state index in [1.807, 2.05) is 42.5 Å². The summed E-state index contributed by atoms with van der Waals surface area (Å²) in [7, 11) is 0. The first-order valence-electron chi connectivity index (χ1n) is 9.30. The van der Waals surface area contributed by atoms with Crippen LogP contribution in [-0.4, -0.2) is 15.0 Å². The van der Waals surface area contributed by atoms with E-state index >= 15 is 0 Å². The van der Waals surface area contributed by atoms with Gasteiger partial charge in [0.2, 0.25) is 0 Å². The Labute approximate surface area is 161 Å². The summed E-state index contributed by atoms with van der Waals surface area (Å²) in [6, 6.07) is 31.1. The van der Waals surface area contributed by atoms with Crippen molar-refractivity contribution in [1.82, 2.24) is 15.0 Å². The van der Waals surface area contributed by atoms with Gasteiger partial charge in [-0.15, -0.1) is 0 Å². The minimum atomic E-state index is 0.910. The number of hydrogen-bond acceptors (Lipinski definition) is 3. The molecule has 130 valence electrons. The summed E-state index contributed by atoms with van der Waals surface area (Å²) in [6.45, 7) is 0. The zero-order chi connectivity index (χ0) is 18.5. The molecule has 0 aliphatic rings. The van der Waals surface area contributed by atoms with Gasteiger partial charge in [0.1, 0.15) is 0 Å². The second-order valence-corrected chi connectivity index (χ2v) is 7.00. The van der Waals surface area contributed by atoms with Crippen LogP contribution < -0.4 is 0 Å². The van der Waals surface area contributed by atoms with Gasteiger partial charge in [0, 0.05) is 10.8 Å². The van der Waals surface area contributed by atoms with Gasteiger partial charge in [-0.25, -0.2) is 15.0 Å². The highest BCUT2D eigenvalue weighted by Crippen LogP contribution is 2.28. The van der Waals surface area contributed by atoms with E-state index in [1.165, 1.54) is 0 Å².